The second kappa shape index (κ2) is 5.69. The molecule has 0 fully saturated rings. The van der Waals surface area contributed by atoms with Crippen LogP contribution in [0.3, 0.4) is 0 Å². The highest BCUT2D eigenvalue weighted by atomic mass is 79.9. The number of hydrogen-bond donors (Lipinski definition) is 0. The first-order chi connectivity index (χ1) is 9.29. The zero-order valence-electron chi connectivity index (χ0n) is 9.84. The molecule has 0 unspecified atom stereocenters. The number of rotatable bonds is 2. The van der Waals surface area contributed by atoms with Crippen LogP contribution in [0.5, 0.6) is 0 Å². The molecule has 0 heterocycles. The first kappa shape index (κ1) is 15.3. The van der Waals surface area contributed by atoms with Crippen LogP contribution < -0.4 is 0 Å². The van der Waals surface area contributed by atoms with Crippen molar-refractivity contribution in [2.45, 2.75) is 6.18 Å². The smallest absolute Gasteiger partial charge is 0.289 e. The lowest BCUT2D eigenvalue weighted by molar-refractivity contribution is -0.138. The summed E-state index contributed by atoms with van der Waals surface area (Å²) in [5.74, 6) is -0.449. The van der Waals surface area contributed by atoms with Gasteiger partial charge in [0, 0.05) is 20.1 Å². The highest BCUT2D eigenvalue weighted by Gasteiger charge is 2.33. The van der Waals surface area contributed by atoms with Crippen LogP contribution in [-0.2, 0) is 6.18 Å². The van der Waals surface area contributed by atoms with Crippen LogP contribution in [-0.4, -0.2) is 5.78 Å². The normalized spacial score (nSPS) is 11.4. The number of ketones is 1. The van der Waals surface area contributed by atoms with Gasteiger partial charge in [-0.3, -0.25) is 4.79 Å². The van der Waals surface area contributed by atoms with Crippen molar-refractivity contribution in [2.75, 3.05) is 0 Å². The fraction of sp³-hybridized carbons (Fsp3) is 0.0714. The molecule has 104 valence electrons. The van der Waals surface area contributed by atoms with E-state index in [9.17, 15) is 18.0 Å². The monoisotopic (exact) mass is 406 g/mol. The highest BCUT2D eigenvalue weighted by molar-refractivity contribution is 9.10. The Morgan fingerprint density at radius 1 is 0.900 bits per heavy atom. The maximum atomic E-state index is 12.8. The molecule has 0 aliphatic heterocycles. The summed E-state index contributed by atoms with van der Waals surface area (Å²) >= 11 is 6.08. The topological polar surface area (TPSA) is 17.1 Å². The Hall–Kier alpha value is -1.14. The van der Waals surface area contributed by atoms with Crippen LogP contribution in [0.1, 0.15) is 21.5 Å². The van der Waals surface area contributed by atoms with Crippen LogP contribution in [0, 0.1) is 0 Å². The molecular formula is C14H7Br2F3O. The lowest BCUT2D eigenvalue weighted by Gasteiger charge is -2.10. The molecule has 6 heteroatoms. The summed E-state index contributed by atoms with van der Waals surface area (Å²) in [5.41, 5.74) is -0.521. The Morgan fingerprint density at radius 2 is 1.45 bits per heavy atom. The third-order valence-corrected chi connectivity index (χ3v) is 3.86. The molecule has 0 spiro atoms. The molecule has 0 bridgehead atoms. The van der Waals surface area contributed by atoms with Gasteiger partial charge in [-0.05, 0) is 42.5 Å². The lowest BCUT2D eigenvalue weighted by atomic mass is 10.0. The van der Waals surface area contributed by atoms with Crippen molar-refractivity contribution in [3.05, 3.63) is 68.1 Å². The molecule has 0 amide bonds. The van der Waals surface area contributed by atoms with E-state index in [1.54, 1.807) is 24.3 Å². The summed E-state index contributed by atoms with van der Waals surface area (Å²) in [6.07, 6.45) is -4.51. The van der Waals surface area contributed by atoms with Crippen molar-refractivity contribution in [1.82, 2.24) is 0 Å². The maximum absolute atomic E-state index is 12.8. The molecule has 0 radical (unpaired) electrons. The summed E-state index contributed by atoms with van der Waals surface area (Å²) in [4.78, 5) is 12.2. The average molecular weight is 408 g/mol. The standard InChI is InChI=1S/C14H7Br2F3O/c15-10-4-1-8(2-5-10)13(20)9-3-6-12(16)11(7-9)14(17,18)19/h1-7H. The molecule has 0 saturated carbocycles. The van der Waals surface area contributed by atoms with E-state index < -0.39 is 17.5 Å². The van der Waals surface area contributed by atoms with E-state index >= 15 is 0 Å². The fourth-order valence-electron chi connectivity index (χ4n) is 1.65. The summed E-state index contributed by atoms with van der Waals surface area (Å²) < 4.78 is 39.1. The molecule has 0 aliphatic carbocycles. The van der Waals surface area contributed by atoms with E-state index in [-0.39, 0.29) is 10.0 Å². The minimum atomic E-state index is -4.51. The van der Waals surface area contributed by atoms with Crippen molar-refractivity contribution in [2.24, 2.45) is 0 Å². The van der Waals surface area contributed by atoms with Crippen LogP contribution in [0.15, 0.2) is 51.4 Å². The molecule has 2 aromatic carbocycles. The third-order valence-electron chi connectivity index (χ3n) is 2.64. The number of hydrogen-bond acceptors (Lipinski definition) is 1. The lowest BCUT2D eigenvalue weighted by Crippen LogP contribution is -2.09. The Labute approximate surface area is 130 Å². The number of carbonyl (C=O) groups excluding carboxylic acids is 1. The van der Waals surface area contributed by atoms with Gasteiger partial charge in [0.15, 0.2) is 5.78 Å². The van der Waals surface area contributed by atoms with E-state index in [1.807, 2.05) is 0 Å². The first-order valence-corrected chi connectivity index (χ1v) is 7.04. The molecular weight excluding hydrogens is 401 g/mol. The van der Waals surface area contributed by atoms with Gasteiger partial charge in [0.25, 0.3) is 0 Å². The number of carbonyl (C=O) groups is 1. The van der Waals surface area contributed by atoms with E-state index in [4.69, 9.17) is 0 Å². The Balaban J connectivity index is 2.43. The number of benzene rings is 2. The van der Waals surface area contributed by atoms with E-state index in [0.717, 1.165) is 10.5 Å². The van der Waals surface area contributed by atoms with Gasteiger partial charge in [-0.2, -0.15) is 13.2 Å². The molecule has 1 nitrogen and oxygen atoms in total. The predicted molar refractivity (Wildman–Crippen MR) is 76.7 cm³/mol. The molecule has 2 rings (SSSR count). The molecule has 0 aliphatic rings. The van der Waals surface area contributed by atoms with Gasteiger partial charge < -0.3 is 0 Å². The number of alkyl halides is 3. The summed E-state index contributed by atoms with van der Waals surface area (Å²) in [7, 11) is 0. The zero-order valence-corrected chi connectivity index (χ0v) is 13.0. The van der Waals surface area contributed by atoms with Gasteiger partial charge in [-0.15, -0.1) is 0 Å². The molecule has 2 aromatic rings. The highest BCUT2D eigenvalue weighted by Crippen LogP contribution is 2.35. The fourth-order valence-corrected chi connectivity index (χ4v) is 2.39. The van der Waals surface area contributed by atoms with Crippen molar-refractivity contribution < 1.29 is 18.0 Å². The van der Waals surface area contributed by atoms with E-state index in [0.29, 0.717) is 5.56 Å². The van der Waals surface area contributed by atoms with Gasteiger partial charge in [0.1, 0.15) is 0 Å². The largest absolute Gasteiger partial charge is 0.417 e. The minimum absolute atomic E-state index is 0.00264. The summed E-state index contributed by atoms with van der Waals surface area (Å²) in [6, 6.07) is 9.89. The zero-order chi connectivity index (χ0) is 14.9. The van der Waals surface area contributed by atoms with Crippen molar-refractivity contribution >= 4 is 37.6 Å². The predicted octanol–water partition coefficient (Wildman–Crippen LogP) is 5.46. The molecule has 0 atom stereocenters. The van der Waals surface area contributed by atoms with Crippen LogP contribution in [0.2, 0.25) is 0 Å². The average Bonchev–Trinajstić information content (AvgIpc) is 2.38. The first-order valence-electron chi connectivity index (χ1n) is 5.46. The van der Waals surface area contributed by atoms with Gasteiger partial charge >= 0.3 is 6.18 Å². The summed E-state index contributed by atoms with van der Waals surface area (Å²) in [5, 5.41) is 0. The second-order valence-electron chi connectivity index (χ2n) is 4.03. The van der Waals surface area contributed by atoms with Gasteiger partial charge in [0.2, 0.25) is 0 Å². The molecule has 0 aromatic heterocycles. The van der Waals surface area contributed by atoms with Crippen LogP contribution in [0.25, 0.3) is 0 Å². The maximum Gasteiger partial charge on any atom is 0.417 e. The van der Waals surface area contributed by atoms with Crippen molar-refractivity contribution in [1.29, 1.82) is 0 Å². The SMILES string of the molecule is O=C(c1ccc(Br)cc1)c1ccc(Br)c(C(F)(F)F)c1. The minimum Gasteiger partial charge on any atom is -0.289 e. The van der Waals surface area contributed by atoms with Crippen molar-refractivity contribution in [3.63, 3.8) is 0 Å². The van der Waals surface area contributed by atoms with Gasteiger partial charge in [-0.1, -0.05) is 31.9 Å². The van der Waals surface area contributed by atoms with Gasteiger partial charge in [-0.25, -0.2) is 0 Å². The Kier molecular flexibility index (Phi) is 4.34. The van der Waals surface area contributed by atoms with E-state index in [2.05, 4.69) is 31.9 Å². The van der Waals surface area contributed by atoms with Crippen LogP contribution >= 0.6 is 31.9 Å². The summed E-state index contributed by atoms with van der Waals surface area (Å²) in [6.45, 7) is 0. The molecule has 0 N–H and O–H groups in total. The molecule has 20 heavy (non-hydrogen) atoms. The van der Waals surface area contributed by atoms with Crippen molar-refractivity contribution in [3.8, 4) is 0 Å². The van der Waals surface area contributed by atoms with E-state index in [1.165, 1.54) is 12.1 Å². The molecule has 0 saturated heterocycles. The van der Waals surface area contributed by atoms with Crippen LogP contribution in [0.4, 0.5) is 13.2 Å². The second-order valence-corrected chi connectivity index (χ2v) is 5.80. The third kappa shape index (κ3) is 3.30. The van der Waals surface area contributed by atoms with Gasteiger partial charge in [0.05, 0.1) is 5.56 Å². The number of halogens is 5. The Morgan fingerprint density at radius 3 is 2.00 bits per heavy atom. The Bertz CT molecular complexity index is 648. The quantitative estimate of drug-likeness (QED) is 0.604.